The Morgan fingerprint density at radius 2 is 1.88 bits per heavy atom. The molecule has 0 atom stereocenters. The van der Waals surface area contributed by atoms with Crippen LogP contribution in [0.1, 0.15) is 16.8 Å². The molecule has 5 heteroatoms. The molecule has 2 N–H and O–H groups in total. The van der Waals surface area contributed by atoms with Crippen LogP contribution in [0.4, 0.5) is 0 Å². The predicted molar refractivity (Wildman–Crippen MR) is 63.8 cm³/mol. The molecule has 0 aliphatic heterocycles. The van der Waals surface area contributed by atoms with Gasteiger partial charge in [-0.15, -0.1) is 0 Å². The van der Waals surface area contributed by atoms with Crippen LogP contribution < -0.4 is 5.32 Å². The Labute approximate surface area is 100 Å². The van der Waals surface area contributed by atoms with Crippen LogP contribution in [0, 0.1) is 0 Å². The maximum atomic E-state index is 11.9. The van der Waals surface area contributed by atoms with Gasteiger partial charge in [-0.3, -0.25) is 9.59 Å². The molecular formula is C12H16N2O3. The van der Waals surface area contributed by atoms with E-state index in [1.165, 1.54) is 17.0 Å². The van der Waals surface area contributed by atoms with Gasteiger partial charge in [-0.05, 0) is 24.3 Å². The molecule has 0 fully saturated rings. The number of nitrogens with zero attached hydrogens (tertiary/aromatic N) is 1. The molecule has 0 aliphatic rings. The number of phenolic OH excluding ortho intramolecular Hbond substituents is 1. The third kappa shape index (κ3) is 3.79. The summed E-state index contributed by atoms with van der Waals surface area (Å²) in [6, 6.07) is 6.02. The van der Waals surface area contributed by atoms with Gasteiger partial charge in [0.05, 0.1) is 0 Å². The van der Waals surface area contributed by atoms with Crippen molar-refractivity contribution in [2.75, 3.05) is 20.6 Å². The Bertz CT molecular complexity index is 401. The third-order valence-corrected chi connectivity index (χ3v) is 2.41. The minimum Gasteiger partial charge on any atom is -0.508 e. The number of amides is 2. The molecule has 0 saturated carbocycles. The molecule has 0 unspecified atom stereocenters. The lowest BCUT2D eigenvalue weighted by atomic mass is 10.2. The molecule has 1 aromatic carbocycles. The second-order valence-electron chi connectivity index (χ2n) is 3.70. The molecule has 0 radical (unpaired) electrons. The zero-order valence-electron chi connectivity index (χ0n) is 9.93. The number of carbonyl (C=O) groups is 2. The molecule has 0 bridgehead atoms. The first-order valence-corrected chi connectivity index (χ1v) is 5.29. The zero-order chi connectivity index (χ0) is 12.8. The maximum absolute atomic E-state index is 11.9. The van der Waals surface area contributed by atoms with Crippen LogP contribution in [-0.2, 0) is 4.79 Å². The van der Waals surface area contributed by atoms with E-state index < -0.39 is 0 Å². The van der Waals surface area contributed by atoms with Crippen LogP contribution in [0.3, 0.4) is 0 Å². The number of hydrogen-bond acceptors (Lipinski definition) is 3. The Morgan fingerprint density at radius 1 is 1.29 bits per heavy atom. The molecule has 0 spiro atoms. The van der Waals surface area contributed by atoms with Gasteiger partial charge in [0.1, 0.15) is 5.75 Å². The number of phenols is 1. The van der Waals surface area contributed by atoms with Crippen LogP contribution in [-0.4, -0.2) is 42.5 Å². The predicted octanol–water partition coefficient (Wildman–Crippen LogP) is 0.600. The average molecular weight is 236 g/mol. The minimum absolute atomic E-state index is 0.102. The van der Waals surface area contributed by atoms with Gasteiger partial charge in [-0.2, -0.15) is 0 Å². The van der Waals surface area contributed by atoms with Crippen LogP contribution in [0.5, 0.6) is 5.75 Å². The van der Waals surface area contributed by atoms with Crippen molar-refractivity contribution in [1.29, 1.82) is 0 Å². The fraction of sp³-hybridized carbons (Fsp3) is 0.333. The van der Waals surface area contributed by atoms with Crippen molar-refractivity contribution in [3.63, 3.8) is 0 Å². The quantitative estimate of drug-likeness (QED) is 0.804. The van der Waals surface area contributed by atoms with Crippen LogP contribution in [0.25, 0.3) is 0 Å². The van der Waals surface area contributed by atoms with E-state index >= 15 is 0 Å². The smallest absolute Gasteiger partial charge is 0.253 e. The van der Waals surface area contributed by atoms with Gasteiger partial charge in [-0.25, -0.2) is 0 Å². The fourth-order valence-electron chi connectivity index (χ4n) is 1.32. The third-order valence-electron chi connectivity index (χ3n) is 2.41. The molecule has 0 saturated heterocycles. The number of hydrogen-bond donors (Lipinski definition) is 2. The number of rotatable bonds is 4. The Kier molecular flexibility index (Phi) is 4.51. The molecule has 5 nitrogen and oxygen atoms in total. The highest BCUT2D eigenvalue weighted by Gasteiger charge is 2.12. The summed E-state index contributed by atoms with van der Waals surface area (Å²) in [6.07, 6.45) is 0.275. The monoisotopic (exact) mass is 236 g/mol. The summed E-state index contributed by atoms with van der Waals surface area (Å²) < 4.78 is 0. The van der Waals surface area contributed by atoms with Crippen LogP contribution in [0.2, 0.25) is 0 Å². The summed E-state index contributed by atoms with van der Waals surface area (Å²) in [5.41, 5.74) is 0.488. The molecule has 2 amide bonds. The van der Waals surface area contributed by atoms with Crippen LogP contribution >= 0.6 is 0 Å². The summed E-state index contributed by atoms with van der Waals surface area (Å²) in [7, 11) is 3.20. The van der Waals surface area contributed by atoms with E-state index in [0.29, 0.717) is 12.1 Å². The number of benzene rings is 1. The fourth-order valence-corrected chi connectivity index (χ4v) is 1.32. The summed E-state index contributed by atoms with van der Waals surface area (Å²) in [4.78, 5) is 24.4. The number of carbonyl (C=O) groups excluding carboxylic acids is 2. The lowest BCUT2D eigenvalue weighted by molar-refractivity contribution is -0.120. The van der Waals surface area contributed by atoms with E-state index in [9.17, 15) is 9.59 Å². The normalized spacial score (nSPS) is 9.76. The van der Waals surface area contributed by atoms with Crippen molar-refractivity contribution in [3.8, 4) is 5.75 Å². The SMILES string of the molecule is CNC(=O)CCN(C)C(=O)c1ccc(O)cc1. The highest BCUT2D eigenvalue weighted by Crippen LogP contribution is 2.11. The van der Waals surface area contributed by atoms with E-state index in [2.05, 4.69) is 5.32 Å². The lowest BCUT2D eigenvalue weighted by Crippen LogP contribution is -2.31. The molecule has 0 aromatic heterocycles. The first-order valence-electron chi connectivity index (χ1n) is 5.29. The van der Waals surface area contributed by atoms with Gasteiger partial charge in [0.2, 0.25) is 5.91 Å². The highest BCUT2D eigenvalue weighted by atomic mass is 16.3. The van der Waals surface area contributed by atoms with Crippen LogP contribution in [0.15, 0.2) is 24.3 Å². The Balaban J connectivity index is 2.57. The second kappa shape index (κ2) is 5.89. The molecule has 92 valence electrons. The Morgan fingerprint density at radius 3 is 2.41 bits per heavy atom. The zero-order valence-corrected chi connectivity index (χ0v) is 9.93. The van der Waals surface area contributed by atoms with E-state index in [4.69, 9.17) is 5.11 Å². The number of aromatic hydroxyl groups is 1. The van der Waals surface area contributed by atoms with Gasteiger partial charge < -0.3 is 15.3 Å². The summed E-state index contributed by atoms with van der Waals surface area (Å²) in [5, 5.41) is 11.6. The molecule has 17 heavy (non-hydrogen) atoms. The van der Waals surface area contributed by atoms with Gasteiger partial charge in [0.15, 0.2) is 0 Å². The first-order chi connectivity index (χ1) is 8.04. The summed E-state index contributed by atoms with van der Waals surface area (Å²) >= 11 is 0. The molecule has 1 aromatic rings. The molecule has 0 aliphatic carbocycles. The summed E-state index contributed by atoms with van der Waals surface area (Å²) in [6.45, 7) is 0.360. The van der Waals surface area contributed by atoms with Crippen molar-refractivity contribution in [2.24, 2.45) is 0 Å². The van der Waals surface area contributed by atoms with E-state index in [0.717, 1.165) is 0 Å². The van der Waals surface area contributed by atoms with Gasteiger partial charge in [0, 0.05) is 32.6 Å². The summed E-state index contributed by atoms with van der Waals surface area (Å²) in [5.74, 6) is -0.154. The van der Waals surface area contributed by atoms with Gasteiger partial charge >= 0.3 is 0 Å². The second-order valence-corrected chi connectivity index (χ2v) is 3.70. The van der Waals surface area contributed by atoms with Gasteiger partial charge in [-0.1, -0.05) is 0 Å². The minimum atomic E-state index is -0.172. The average Bonchev–Trinajstić information content (AvgIpc) is 2.35. The lowest BCUT2D eigenvalue weighted by Gasteiger charge is -2.16. The Hall–Kier alpha value is -2.04. The highest BCUT2D eigenvalue weighted by molar-refractivity contribution is 5.94. The first kappa shape index (κ1) is 13.0. The van der Waals surface area contributed by atoms with Gasteiger partial charge in [0.25, 0.3) is 5.91 Å². The topological polar surface area (TPSA) is 69.6 Å². The molecular weight excluding hydrogens is 220 g/mol. The van der Waals surface area contributed by atoms with E-state index in [-0.39, 0.29) is 24.0 Å². The molecule has 1 rings (SSSR count). The molecule has 0 heterocycles. The maximum Gasteiger partial charge on any atom is 0.253 e. The van der Waals surface area contributed by atoms with Crippen molar-refractivity contribution in [2.45, 2.75) is 6.42 Å². The van der Waals surface area contributed by atoms with Crippen molar-refractivity contribution < 1.29 is 14.7 Å². The van der Waals surface area contributed by atoms with Crippen molar-refractivity contribution in [3.05, 3.63) is 29.8 Å². The number of nitrogens with one attached hydrogen (secondary N) is 1. The van der Waals surface area contributed by atoms with E-state index in [1.54, 1.807) is 26.2 Å². The largest absolute Gasteiger partial charge is 0.508 e. The van der Waals surface area contributed by atoms with Crippen molar-refractivity contribution in [1.82, 2.24) is 10.2 Å². The van der Waals surface area contributed by atoms with Crippen molar-refractivity contribution >= 4 is 11.8 Å². The van der Waals surface area contributed by atoms with E-state index in [1.807, 2.05) is 0 Å². The standard InChI is InChI=1S/C12H16N2O3/c1-13-11(16)7-8-14(2)12(17)9-3-5-10(15)6-4-9/h3-6,15H,7-8H2,1-2H3,(H,13,16).